The molecule has 0 unspecified atom stereocenters. The number of unbranched alkanes of at least 4 members (excludes halogenated alkanes) is 1. The van der Waals surface area contributed by atoms with Gasteiger partial charge in [-0.05, 0) is 0 Å². The SMILES string of the molecule is CCCC[Se]c1ccccc1[C@H](C)OC. The van der Waals surface area contributed by atoms with E-state index >= 15 is 0 Å². The number of hydrogen-bond acceptors (Lipinski definition) is 1. The Kier molecular flexibility index (Phi) is 6.00. The van der Waals surface area contributed by atoms with Crippen LogP contribution >= 0.6 is 0 Å². The zero-order chi connectivity index (χ0) is 11.1. The summed E-state index contributed by atoms with van der Waals surface area (Å²) in [6, 6.07) is 8.68. The molecule has 0 heterocycles. The van der Waals surface area contributed by atoms with Crippen LogP contribution in [0.5, 0.6) is 0 Å². The van der Waals surface area contributed by atoms with Crippen molar-refractivity contribution in [2.45, 2.75) is 38.1 Å². The maximum atomic E-state index is 5.39. The van der Waals surface area contributed by atoms with E-state index in [1.165, 1.54) is 28.2 Å². The molecule has 84 valence electrons. The minimum atomic E-state index is 0.227. The normalized spacial score (nSPS) is 12.7. The van der Waals surface area contributed by atoms with Crippen LogP contribution in [0.1, 0.15) is 38.4 Å². The first-order chi connectivity index (χ1) is 7.29. The fourth-order valence-corrected chi connectivity index (χ4v) is 3.98. The van der Waals surface area contributed by atoms with Crippen LogP contribution in [-0.4, -0.2) is 22.1 Å². The monoisotopic (exact) mass is 272 g/mol. The second-order valence-corrected chi connectivity index (χ2v) is 6.00. The molecular weight excluding hydrogens is 251 g/mol. The number of methoxy groups -OCH3 is 1. The standard InChI is InChI=1S/C13H20OSe/c1-4-5-10-15-13-9-7-6-8-12(13)11(2)14-3/h6-9,11H,4-5,10H2,1-3H3/t11-/m0/s1. The zero-order valence-corrected chi connectivity index (χ0v) is 11.5. The van der Waals surface area contributed by atoms with Gasteiger partial charge in [0.05, 0.1) is 0 Å². The Hall–Kier alpha value is -0.301. The number of rotatable bonds is 6. The molecule has 0 fully saturated rings. The van der Waals surface area contributed by atoms with E-state index in [1.54, 1.807) is 7.11 Å². The van der Waals surface area contributed by atoms with Gasteiger partial charge in [-0.15, -0.1) is 0 Å². The van der Waals surface area contributed by atoms with Crippen LogP contribution in [0.25, 0.3) is 0 Å². The Labute approximate surface area is 99.4 Å². The fraction of sp³-hybridized carbons (Fsp3) is 0.538. The van der Waals surface area contributed by atoms with Gasteiger partial charge in [-0.3, -0.25) is 0 Å². The second kappa shape index (κ2) is 7.05. The Morgan fingerprint density at radius 1 is 1.33 bits per heavy atom. The first-order valence-electron chi connectivity index (χ1n) is 5.54. The van der Waals surface area contributed by atoms with Crippen molar-refractivity contribution in [2.24, 2.45) is 0 Å². The minimum absolute atomic E-state index is 0.227. The van der Waals surface area contributed by atoms with Crippen LogP contribution < -0.4 is 4.46 Å². The van der Waals surface area contributed by atoms with Crippen LogP contribution in [-0.2, 0) is 4.74 Å². The van der Waals surface area contributed by atoms with E-state index in [-0.39, 0.29) is 6.10 Å². The van der Waals surface area contributed by atoms with Crippen molar-refractivity contribution in [2.75, 3.05) is 7.11 Å². The van der Waals surface area contributed by atoms with Gasteiger partial charge in [0.25, 0.3) is 0 Å². The summed E-state index contributed by atoms with van der Waals surface area (Å²) < 4.78 is 6.90. The molecule has 0 aliphatic rings. The summed E-state index contributed by atoms with van der Waals surface area (Å²) >= 11 is 0.611. The Balaban J connectivity index is 2.68. The molecule has 15 heavy (non-hydrogen) atoms. The maximum absolute atomic E-state index is 5.39. The molecule has 0 saturated heterocycles. The molecule has 1 atom stereocenters. The summed E-state index contributed by atoms with van der Waals surface area (Å²) in [7, 11) is 1.78. The predicted octanol–water partition coefficient (Wildman–Crippen LogP) is 2.94. The van der Waals surface area contributed by atoms with Gasteiger partial charge in [0.2, 0.25) is 0 Å². The first-order valence-corrected chi connectivity index (χ1v) is 7.61. The second-order valence-electron chi connectivity index (χ2n) is 3.62. The van der Waals surface area contributed by atoms with E-state index < -0.39 is 0 Å². The van der Waals surface area contributed by atoms with Gasteiger partial charge in [-0.2, -0.15) is 0 Å². The van der Waals surface area contributed by atoms with Crippen molar-refractivity contribution in [3.8, 4) is 0 Å². The van der Waals surface area contributed by atoms with E-state index in [2.05, 4.69) is 38.1 Å². The summed E-state index contributed by atoms with van der Waals surface area (Å²) in [5.74, 6) is 0. The Bertz CT molecular complexity index is 286. The van der Waals surface area contributed by atoms with Gasteiger partial charge in [-0.1, -0.05) is 0 Å². The number of ether oxygens (including phenoxy) is 1. The van der Waals surface area contributed by atoms with E-state index in [9.17, 15) is 0 Å². The average molecular weight is 271 g/mol. The van der Waals surface area contributed by atoms with E-state index in [0.29, 0.717) is 15.0 Å². The third-order valence-electron chi connectivity index (χ3n) is 2.47. The molecule has 2 heteroatoms. The molecule has 1 aromatic rings. The molecule has 0 N–H and O–H groups in total. The number of benzene rings is 1. The summed E-state index contributed by atoms with van der Waals surface area (Å²) in [6.45, 7) is 4.37. The molecule has 0 aliphatic heterocycles. The molecule has 0 saturated carbocycles. The van der Waals surface area contributed by atoms with Gasteiger partial charge < -0.3 is 0 Å². The average Bonchev–Trinajstić information content (AvgIpc) is 2.29. The van der Waals surface area contributed by atoms with Gasteiger partial charge in [0.1, 0.15) is 0 Å². The third kappa shape index (κ3) is 3.98. The van der Waals surface area contributed by atoms with Gasteiger partial charge in [0.15, 0.2) is 0 Å². The Morgan fingerprint density at radius 3 is 2.73 bits per heavy atom. The summed E-state index contributed by atoms with van der Waals surface area (Å²) in [6.07, 6.45) is 2.86. The first kappa shape index (κ1) is 12.8. The quantitative estimate of drug-likeness (QED) is 0.571. The van der Waals surface area contributed by atoms with E-state index in [1.807, 2.05) is 0 Å². The van der Waals surface area contributed by atoms with Crippen molar-refractivity contribution < 1.29 is 4.74 Å². The molecule has 0 spiro atoms. The van der Waals surface area contributed by atoms with Gasteiger partial charge >= 0.3 is 99.2 Å². The predicted molar refractivity (Wildman–Crippen MR) is 67.0 cm³/mol. The van der Waals surface area contributed by atoms with Crippen molar-refractivity contribution in [1.29, 1.82) is 0 Å². The molecule has 0 amide bonds. The summed E-state index contributed by atoms with van der Waals surface area (Å²) in [4.78, 5) is 0. The van der Waals surface area contributed by atoms with Gasteiger partial charge in [0, 0.05) is 0 Å². The molecule has 1 nitrogen and oxygen atoms in total. The van der Waals surface area contributed by atoms with Gasteiger partial charge in [-0.25, -0.2) is 0 Å². The van der Waals surface area contributed by atoms with Crippen LogP contribution in [0.15, 0.2) is 24.3 Å². The molecule has 1 rings (SSSR count). The molecule has 0 bridgehead atoms. The van der Waals surface area contributed by atoms with Crippen molar-refractivity contribution in [3.05, 3.63) is 29.8 Å². The zero-order valence-electron chi connectivity index (χ0n) is 9.82. The van der Waals surface area contributed by atoms with Crippen molar-refractivity contribution in [1.82, 2.24) is 0 Å². The third-order valence-corrected chi connectivity index (χ3v) is 4.93. The number of hydrogen-bond donors (Lipinski definition) is 0. The summed E-state index contributed by atoms with van der Waals surface area (Å²) in [5.41, 5.74) is 1.37. The van der Waals surface area contributed by atoms with E-state index in [0.717, 1.165) is 0 Å². The fourth-order valence-electron chi connectivity index (χ4n) is 1.40. The molecule has 0 radical (unpaired) electrons. The van der Waals surface area contributed by atoms with Crippen molar-refractivity contribution in [3.63, 3.8) is 0 Å². The molecular formula is C13H20OSe. The van der Waals surface area contributed by atoms with Crippen LogP contribution in [0.2, 0.25) is 5.32 Å². The van der Waals surface area contributed by atoms with Crippen LogP contribution in [0, 0.1) is 0 Å². The van der Waals surface area contributed by atoms with Crippen LogP contribution in [0.3, 0.4) is 0 Å². The molecule has 0 aliphatic carbocycles. The van der Waals surface area contributed by atoms with Crippen molar-refractivity contribution >= 4 is 19.4 Å². The summed E-state index contributed by atoms with van der Waals surface area (Å²) in [5, 5.41) is 1.34. The Morgan fingerprint density at radius 2 is 2.07 bits per heavy atom. The molecule has 1 aromatic carbocycles. The van der Waals surface area contributed by atoms with E-state index in [4.69, 9.17) is 4.74 Å². The van der Waals surface area contributed by atoms with Crippen LogP contribution in [0.4, 0.5) is 0 Å². The topological polar surface area (TPSA) is 9.23 Å². The molecule has 0 aromatic heterocycles.